The van der Waals surface area contributed by atoms with Crippen molar-refractivity contribution >= 4 is 22.7 Å². The maximum atomic E-state index is 12.4. The van der Waals surface area contributed by atoms with E-state index in [1.807, 2.05) is 45.0 Å². The Balaban J connectivity index is 2.06. The first-order chi connectivity index (χ1) is 9.90. The summed E-state index contributed by atoms with van der Waals surface area (Å²) in [5, 5.41) is 10.5. The fraction of sp³-hybridized carbons (Fsp3) is 0.438. The summed E-state index contributed by atoms with van der Waals surface area (Å²) in [6.45, 7) is 6.80. The summed E-state index contributed by atoms with van der Waals surface area (Å²) in [5.74, 6) is 0. The van der Waals surface area contributed by atoms with Crippen molar-refractivity contribution in [2.45, 2.75) is 39.5 Å². The number of benzene rings is 1. The van der Waals surface area contributed by atoms with Crippen molar-refractivity contribution < 1.29 is 14.6 Å². The van der Waals surface area contributed by atoms with Gasteiger partial charge in [0.15, 0.2) is 0 Å². The fourth-order valence-corrected chi connectivity index (χ4v) is 2.79. The van der Waals surface area contributed by atoms with E-state index in [0.29, 0.717) is 13.1 Å². The van der Waals surface area contributed by atoms with Crippen molar-refractivity contribution in [3.8, 4) is 0 Å². The third kappa shape index (κ3) is 2.38. The van der Waals surface area contributed by atoms with Gasteiger partial charge < -0.3 is 14.4 Å². The van der Waals surface area contributed by atoms with Crippen LogP contribution in [0.5, 0.6) is 0 Å². The number of ether oxygens (including phenoxy) is 1. The number of para-hydroxylation sites is 1. The fourth-order valence-electron chi connectivity index (χ4n) is 2.79. The first kappa shape index (κ1) is 13.9. The molecular weight excluding hydrogens is 268 g/mol. The second kappa shape index (κ2) is 4.77. The molecule has 5 nitrogen and oxygen atoms in total. The van der Waals surface area contributed by atoms with Gasteiger partial charge in [-0.1, -0.05) is 12.1 Å². The van der Waals surface area contributed by atoms with Crippen molar-refractivity contribution in [2.24, 2.45) is 0 Å². The summed E-state index contributed by atoms with van der Waals surface area (Å²) in [6.07, 6.45) is -0.326. The Labute approximate surface area is 123 Å². The number of aromatic nitrogens is 1. The smallest absolute Gasteiger partial charge is 0.414 e. The minimum Gasteiger partial charge on any atom is -0.443 e. The minimum absolute atomic E-state index is 0.000553. The summed E-state index contributed by atoms with van der Waals surface area (Å²) in [6, 6.07) is 7.80. The number of hydrogen-bond acceptors (Lipinski definition) is 3. The summed E-state index contributed by atoms with van der Waals surface area (Å²) in [4.78, 5) is 14.1. The average Bonchev–Trinajstić information content (AvgIpc) is 2.77. The molecule has 0 aliphatic carbocycles. The van der Waals surface area contributed by atoms with Gasteiger partial charge in [-0.2, -0.15) is 0 Å². The molecule has 1 aromatic heterocycles. The Morgan fingerprint density at radius 2 is 2.10 bits per heavy atom. The molecule has 2 heterocycles. The molecule has 0 fully saturated rings. The molecule has 112 valence electrons. The Bertz CT molecular complexity index is 697. The molecule has 5 heteroatoms. The van der Waals surface area contributed by atoms with E-state index >= 15 is 0 Å². The van der Waals surface area contributed by atoms with E-state index in [0.717, 1.165) is 22.3 Å². The van der Waals surface area contributed by atoms with E-state index in [2.05, 4.69) is 4.57 Å². The minimum atomic E-state index is -0.513. The molecule has 0 saturated carbocycles. The summed E-state index contributed by atoms with van der Waals surface area (Å²) in [5.41, 5.74) is 2.19. The van der Waals surface area contributed by atoms with Crippen LogP contribution in [0.4, 0.5) is 10.5 Å². The first-order valence-electron chi connectivity index (χ1n) is 7.13. The molecule has 0 spiro atoms. The maximum absolute atomic E-state index is 12.4. The van der Waals surface area contributed by atoms with Gasteiger partial charge >= 0.3 is 6.09 Å². The zero-order valence-electron chi connectivity index (χ0n) is 12.6. The Morgan fingerprint density at radius 1 is 1.33 bits per heavy atom. The maximum Gasteiger partial charge on any atom is 0.414 e. The van der Waals surface area contributed by atoms with Gasteiger partial charge in [0.1, 0.15) is 5.60 Å². The summed E-state index contributed by atoms with van der Waals surface area (Å²) >= 11 is 0. The lowest BCUT2D eigenvalue weighted by molar-refractivity contribution is 0.0578. The molecule has 21 heavy (non-hydrogen) atoms. The number of rotatable bonds is 1. The van der Waals surface area contributed by atoms with Crippen LogP contribution in [0.1, 0.15) is 26.5 Å². The Morgan fingerprint density at radius 3 is 2.76 bits per heavy atom. The number of carbonyl (C=O) groups is 1. The number of hydrogen-bond donors (Lipinski definition) is 1. The highest BCUT2D eigenvalue weighted by Crippen LogP contribution is 2.34. The zero-order chi connectivity index (χ0) is 15.2. The molecule has 0 atom stereocenters. The van der Waals surface area contributed by atoms with E-state index in [-0.39, 0.29) is 12.7 Å². The predicted octanol–water partition coefficient (Wildman–Crippen LogP) is 2.89. The van der Waals surface area contributed by atoms with Crippen LogP contribution in [-0.2, 0) is 17.9 Å². The lowest BCUT2D eigenvalue weighted by atomic mass is 10.2. The quantitative estimate of drug-likeness (QED) is 0.878. The summed E-state index contributed by atoms with van der Waals surface area (Å²) in [7, 11) is 0. The molecule has 0 radical (unpaired) electrons. The largest absolute Gasteiger partial charge is 0.443 e. The molecular formula is C16H20N2O3. The summed E-state index contributed by atoms with van der Waals surface area (Å²) < 4.78 is 7.56. The third-order valence-electron chi connectivity index (χ3n) is 3.60. The molecule has 1 aliphatic heterocycles. The van der Waals surface area contributed by atoms with E-state index < -0.39 is 5.60 Å². The van der Waals surface area contributed by atoms with E-state index in [1.165, 1.54) is 0 Å². The monoisotopic (exact) mass is 288 g/mol. The van der Waals surface area contributed by atoms with Gasteiger partial charge in [-0.3, -0.25) is 4.90 Å². The van der Waals surface area contributed by atoms with Crippen LogP contribution >= 0.6 is 0 Å². The van der Waals surface area contributed by atoms with Gasteiger partial charge in [0, 0.05) is 24.2 Å². The third-order valence-corrected chi connectivity index (χ3v) is 3.60. The van der Waals surface area contributed by atoms with E-state index in [9.17, 15) is 9.90 Å². The van der Waals surface area contributed by atoms with Gasteiger partial charge in [0.25, 0.3) is 0 Å². The van der Waals surface area contributed by atoms with E-state index in [4.69, 9.17) is 4.74 Å². The second-order valence-electron chi connectivity index (χ2n) is 6.29. The lowest BCUT2D eigenvalue weighted by Gasteiger charge is -2.31. The van der Waals surface area contributed by atoms with Crippen molar-refractivity contribution in [3.05, 3.63) is 30.0 Å². The molecule has 1 aromatic carbocycles. The molecule has 0 bridgehead atoms. The van der Waals surface area contributed by atoms with Gasteiger partial charge in [-0.05, 0) is 32.9 Å². The van der Waals surface area contributed by atoms with Crippen LogP contribution in [0.25, 0.3) is 10.9 Å². The van der Waals surface area contributed by atoms with Crippen molar-refractivity contribution in [3.63, 3.8) is 0 Å². The van der Waals surface area contributed by atoms with Crippen LogP contribution in [0.2, 0.25) is 0 Å². The Hall–Kier alpha value is -2.01. The number of aliphatic hydroxyl groups is 1. The topological polar surface area (TPSA) is 54.7 Å². The first-order valence-corrected chi connectivity index (χ1v) is 7.13. The predicted molar refractivity (Wildman–Crippen MR) is 81.4 cm³/mol. The number of nitrogens with zero attached hydrogens (tertiary/aromatic N) is 2. The number of aliphatic hydroxyl groups excluding tert-OH is 1. The molecule has 1 aliphatic rings. The number of carbonyl (C=O) groups excluding carboxylic acids is 1. The standard InChI is InChI=1S/C16H20N2O3/c1-16(2,3)21-15(20)18-8-7-17-12(10-19)9-11-5-4-6-13(18)14(11)17/h4-6,9,19H,7-8,10H2,1-3H3. The van der Waals surface area contributed by atoms with Crippen molar-refractivity contribution in [2.75, 3.05) is 11.4 Å². The number of amides is 1. The molecule has 1 N–H and O–H groups in total. The number of anilines is 1. The van der Waals surface area contributed by atoms with Crippen LogP contribution in [0.3, 0.4) is 0 Å². The van der Waals surface area contributed by atoms with Gasteiger partial charge in [0.05, 0.1) is 17.8 Å². The van der Waals surface area contributed by atoms with E-state index in [1.54, 1.807) is 4.90 Å². The van der Waals surface area contributed by atoms with Crippen LogP contribution < -0.4 is 4.90 Å². The second-order valence-corrected chi connectivity index (χ2v) is 6.29. The average molecular weight is 288 g/mol. The molecule has 3 rings (SSSR count). The molecule has 1 amide bonds. The Kier molecular flexibility index (Phi) is 3.17. The highest BCUT2D eigenvalue weighted by molar-refractivity contribution is 6.01. The van der Waals surface area contributed by atoms with Crippen LogP contribution in [0.15, 0.2) is 24.3 Å². The van der Waals surface area contributed by atoms with Gasteiger partial charge in [0.2, 0.25) is 0 Å². The molecule has 0 unspecified atom stereocenters. The van der Waals surface area contributed by atoms with Crippen molar-refractivity contribution in [1.29, 1.82) is 0 Å². The SMILES string of the molecule is CC(C)(C)OC(=O)N1CCn2c(CO)cc3cccc1c32. The zero-order valence-corrected chi connectivity index (χ0v) is 12.6. The normalized spacial score (nSPS) is 14.6. The molecule has 0 saturated heterocycles. The lowest BCUT2D eigenvalue weighted by Crippen LogP contribution is -2.40. The highest BCUT2D eigenvalue weighted by Gasteiger charge is 2.28. The van der Waals surface area contributed by atoms with Crippen LogP contribution in [-0.4, -0.2) is 27.9 Å². The van der Waals surface area contributed by atoms with Gasteiger partial charge in [-0.25, -0.2) is 4.79 Å². The highest BCUT2D eigenvalue weighted by atomic mass is 16.6. The van der Waals surface area contributed by atoms with Crippen molar-refractivity contribution in [1.82, 2.24) is 4.57 Å². The molecule has 2 aromatic rings. The van der Waals surface area contributed by atoms with Crippen LogP contribution in [0, 0.1) is 0 Å². The van der Waals surface area contributed by atoms with Gasteiger partial charge in [-0.15, -0.1) is 0 Å².